The van der Waals surface area contributed by atoms with E-state index in [1.165, 1.54) is 13.1 Å². The van der Waals surface area contributed by atoms with E-state index >= 15 is 0 Å². The highest BCUT2D eigenvalue weighted by Crippen LogP contribution is 2.39. The van der Waals surface area contributed by atoms with E-state index in [1.54, 1.807) is 0 Å². The second kappa shape index (κ2) is 15.0. The van der Waals surface area contributed by atoms with Gasteiger partial charge in [0.15, 0.2) is 0 Å². The molecule has 4 rings (SSSR count). The first-order valence-corrected chi connectivity index (χ1v) is 15.9. The van der Waals surface area contributed by atoms with Crippen LogP contribution >= 0.6 is 0 Å². The number of halogens is 9. The number of carbonyl (C=O) groups is 1. The molecule has 4 N–H and O–H groups in total. The predicted molar refractivity (Wildman–Crippen MR) is 164 cm³/mol. The number of alkyl halides is 9. The molecule has 2 aromatic rings. The van der Waals surface area contributed by atoms with Gasteiger partial charge in [-0.1, -0.05) is 13.0 Å². The maximum Gasteiger partial charge on any atom is 0.416 e. The van der Waals surface area contributed by atoms with Gasteiger partial charge in [-0.2, -0.15) is 39.5 Å². The number of rotatable bonds is 9. The van der Waals surface area contributed by atoms with E-state index in [1.807, 2.05) is 11.8 Å². The number of hydrogen-bond acceptors (Lipinski definition) is 5. The summed E-state index contributed by atoms with van der Waals surface area (Å²) in [6.45, 7) is 3.18. The summed E-state index contributed by atoms with van der Waals surface area (Å²) in [6.07, 6.45) is -11.5. The molecule has 0 bridgehead atoms. The predicted octanol–water partition coefficient (Wildman–Crippen LogP) is 6.57. The molecule has 0 spiro atoms. The fraction of sp³-hybridized carbons (Fsp3) is 0.562. The van der Waals surface area contributed by atoms with Gasteiger partial charge in [0.05, 0.1) is 16.7 Å². The van der Waals surface area contributed by atoms with Crippen molar-refractivity contribution in [3.63, 3.8) is 0 Å². The van der Waals surface area contributed by atoms with Gasteiger partial charge in [-0.05, 0) is 92.2 Å². The van der Waals surface area contributed by atoms with Crippen molar-refractivity contribution in [1.82, 2.24) is 19.8 Å². The zero-order valence-corrected chi connectivity index (χ0v) is 27.1. The Hall–Kier alpha value is -3.73. The van der Waals surface area contributed by atoms with Crippen molar-refractivity contribution in [3.8, 4) is 0 Å². The Kier molecular flexibility index (Phi) is 11.7. The first-order valence-electron chi connectivity index (χ1n) is 15.9. The summed E-state index contributed by atoms with van der Waals surface area (Å²) in [7, 11) is 1.26. The second-order valence-corrected chi connectivity index (χ2v) is 12.5. The molecule has 8 nitrogen and oxygen atoms in total. The van der Waals surface area contributed by atoms with Crippen LogP contribution in [0.15, 0.2) is 41.5 Å². The van der Waals surface area contributed by atoms with Crippen LogP contribution in [0, 0.1) is 5.92 Å². The quantitative estimate of drug-likeness (QED) is 0.101. The van der Waals surface area contributed by atoms with E-state index in [9.17, 15) is 44.3 Å². The van der Waals surface area contributed by atoms with Crippen LogP contribution < -0.4 is 11.6 Å². The van der Waals surface area contributed by atoms with Gasteiger partial charge in [0.1, 0.15) is 0 Å². The number of hydrazone groups is 1. The van der Waals surface area contributed by atoms with Crippen molar-refractivity contribution < 1.29 is 44.3 Å². The highest BCUT2D eigenvalue weighted by atomic mass is 19.4. The normalized spacial score (nSPS) is 17.8. The SMILES string of the molecule is CCC(c1ccc(C(F)(F)F)cc1CN(Cc1cc(C(F)(F)F)cc(C(F)(F)F)c1)/C(N)=N/N(C)N)N1CCC(C(=O)N2CCCC2)CC1. The standard InChI is InChI=1S/C32H40F9N7O/c1-3-27(46-12-8-21(9-13-46)28(49)47-10-4-5-11-47)26-7-6-23(30(33,34)35)16-22(26)19-48(29(42)44-45(2)43)18-20-14-24(31(36,37)38)17-25(15-20)32(39,40)41/h6-7,14-17,21,27H,3-5,8-13,18-19,43H2,1-2H3,(H2,42,44). The number of guanidine groups is 1. The third-order valence-corrected chi connectivity index (χ3v) is 8.92. The van der Waals surface area contributed by atoms with Crippen LogP contribution in [0.4, 0.5) is 39.5 Å². The Labute approximate surface area is 278 Å². The third kappa shape index (κ3) is 9.71. The van der Waals surface area contributed by atoms with Crippen LogP contribution in [0.5, 0.6) is 0 Å². The molecular formula is C32H40F9N7O. The van der Waals surface area contributed by atoms with E-state index in [4.69, 9.17) is 11.6 Å². The number of carbonyl (C=O) groups excluding carboxylic acids is 1. The van der Waals surface area contributed by atoms with Gasteiger partial charge in [0, 0.05) is 45.2 Å². The fourth-order valence-corrected chi connectivity index (χ4v) is 6.55. The maximum atomic E-state index is 14.0. The molecule has 1 amide bonds. The molecule has 2 aliphatic rings. The molecular weight excluding hydrogens is 669 g/mol. The number of amides is 1. The molecule has 2 fully saturated rings. The lowest BCUT2D eigenvalue weighted by molar-refractivity contribution is -0.143. The molecule has 2 aliphatic heterocycles. The van der Waals surface area contributed by atoms with Crippen molar-refractivity contribution >= 4 is 11.9 Å². The highest BCUT2D eigenvalue weighted by Gasteiger charge is 2.38. The highest BCUT2D eigenvalue weighted by molar-refractivity contribution is 5.79. The third-order valence-electron chi connectivity index (χ3n) is 8.92. The number of nitrogens with zero attached hydrogens (tertiary/aromatic N) is 5. The van der Waals surface area contributed by atoms with Crippen LogP contribution in [0.2, 0.25) is 0 Å². The molecule has 2 saturated heterocycles. The molecule has 0 aromatic heterocycles. The lowest BCUT2D eigenvalue weighted by atomic mass is 9.90. The van der Waals surface area contributed by atoms with Gasteiger partial charge >= 0.3 is 18.5 Å². The Balaban J connectivity index is 1.71. The number of nitrogens with two attached hydrogens (primary N) is 2. The topological polar surface area (TPSA) is 94.4 Å². The van der Waals surface area contributed by atoms with Crippen molar-refractivity contribution in [2.24, 2.45) is 22.6 Å². The lowest BCUT2D eigenvalue weighted by Gasteiger charge is -2.39. The van der Waals surface area contributed by atoms with Crippen molar-refractivity contribution in [2.45, 2.75) is 76.7 Å². The van der Waals surface area contributed by atoms with Gasteiger partial charge in [-0.25, -0.2) is 11.0 Å². The lowest BCUT2D eigenvalue weighted by Crippen LogP contribution is -2.43. The first kappa shape index (κ1) is 38.1. The number of hydrazine groups is 1. The monoisotopic (exact) mass is 709 g/mol. The zero-order chi connectivity index (χ0) is 36.3. The maximum absolute atomic E-state index is 14.0. The molecule has 2 aromatic carbocycles. The Morgan fingerprint density at radius 2 is 1.41 bits per heavy atom. The van der Waals surface area contributed by atoms with E-state index in [0.29, 0.717) is 50.0 Å². The van der Waals surface area contributed by atoms with Crippen LogP contribution in [0.25, 0.3) is 0 Å². The minimum absolute atomic E-state index is 0.0163. The summed E-state index contributed by atoms with van der Waals surface area (Å²) in [5, 5.41) is 4.60. The molecule has 0 aliphatic carbocycles. The Morgan fingerprint density at radius 1 is 0.857 bits per heavy atom. The molecule has 49 heavy (non-hydrogen) atoms. The summed E-state index contributed by atoms with van der Waals surface area (Å²) in [6, 6.07) is 3.79. The van der Waals surface area contributed by atoms with Crippen molar-refractivity contribution in [3.05, 3.63) is 69.8 Å². The molecule has 0 radical (unpaired) electrons. The molecule has 1 unspecified atom stereocenters. The molecule has 1 atom stereocenters. The van der Waals surface area contributed by atoms with Crippen molar-refractivity contribution in [2.75, 3.05) is 33.2 Å². The average molecular weight is 710 g/mol. The largest absolute Gasteiger partial charge is 0.416 e. The van der Waals surface area contributed by atoms with Gasteiger partial charge in [0.2, 0.25) is 11.9 Å². The van der Waals surface area contributed by atoms with Crippen LogP contribution in [0.3, 0.4) is 0 Å². The van der Waals surface area contributed by atoms with E-state index < -0.39 is 65.9 Å². The molecule has 17 heteroatoms. The Morgan fingerprint density at radius 3 is 1.90 bits per heavy atom. The van der Waals surface area contributed by atoms with Gasteiger partial charge in [-0.3, -0.25) is 9.69 Å². The van der Waals surface area contributed by atoms with Gasteiger partial charge in [-0.15, -0.1) is 5.10 Å². The fourth-order valence-electron chi connectivity index (χ4n) is 6.55. The van der Waals surface area contributed by atoms with E-state index in [0.717, 1.165) is 48.1 Å². The molecule has 0 saturated carbocycles. The average Bonchev–Trinajstić information content (AvgIpc) is 3.55. The first-order chi connectivity index (χ1) is 22.8. The number of benzene rings is 2. The molecule has 272 valence electrons. The summed E-state index contributed by atoms with van der Waals surface area (Å²) in [4.78, 5) is 18.0. The number of piperidine rings is 1. The summed E-state index contributed by atoms with van der Waals surface area (Å²) >= 11 is 0. The minimum atomic E-state index is -5.12. The van der Waals surface area contributed by atoms with Crippen LogP contribution in [0.1, 0.15) is 78.5 Å². The summed E-state index contributed by atoms with van der Waals surface area (Å²) in [5.74, 6) is 5.09. The van der Waals surface area contributed by atoms with Gasteiger partial charge < -0.3 is 15.5 Å². The van der Waals surface area contributed by atoms with E-state index in [-0.39, 0.29) is 23.5 Å². The number of likely N-dealkylation sites (tertiary alicyclic amines) is 2. The van der Waals surface area contributed by atoms with Crippen LogP contribution in [-0.4, -0.2) is 64.9 Å². The molecule has 2 heterocycles. The van der Waals surface area contributed by atoms with Crippen molar-refractivity contribution in [1.29, 1.82) is 0 Å². The minimum Gasteiger partial charge on any atom is -0.368 e. The summed E-state index contributed by atoms with van der Waals surface area (Å²) in [5.41, 5.74) is 2.13. The smallest absolute Gasteiger partial charge is 0.368 e. The second-order valence-electron chi connectivity index (χ2n) is 12.5. The Bertz CT molecular complexity index is 1440. The zero-order valence-electron chi connectivity index (χ0n) is 27.1. The van der Waals surface area contributed by atoms with Crippen LogP contribution in [-0.2, 0) is 36.4 Å². The van der Waals surface area contributed by atoms with E-state index in [2.05, 4.69) is 10.0 Å². The summed E-state index contributed by atoms with van der Waals surface area (Å²) < 4.78 is 124. The number of hydrogen-bond donors (Lipinski definition) is 2. The van der Waals surface area contributed by atoms with Gasteiger partial charge in [0.25, 0.3) is 0 Å².